The summed E-state index contributed by atoms with van der Waals surface area (Å²) in [4.78, 5) is 2.51. The molecule has 0 amide bonds. The van der Waals surface area contributed by atoms with Crippen molar-refractivity contribution in [2.45, 2.75) is 39.3 Å². The van der Waals surface area contributed by atoms with Crippen LogP contribution in [-0.2, 0) is 6.54 Å². The van der Waals surface area contributed by atoms with Crippen molar-refractivity contribution in [2.24, 2.45) is 0 Å². The Balaban J connectivity index is 1.97. The SMILES string of the molecule is CCCC(CN1CCOc2ccccc2C1)NCC. The van der Waals surface area contributed by atoms with E-state index in [0.717, 1.165) is 38.5 Å². The summed E-state index contributed by atoms with van der Waals surface area (Å²) < 4.78 is 5.82. The van der Waals surface area contributed by atoms with Gasteiger partial charge in [0, 0.05) is 31.2 Å². The van der Waals surface area contributed by atoms with Crippen LogP contribution in [0.1, 0.15) is 32.3 Å². The van der Waals surface area contributed by atoms with Crippen LogP contribution in [0.4, 0.5) is 0 Å². The predicted octanol–water partition coefficient (Wildman–Crippen LogP) is 2.66. The van der Waals surface area contributed by atoms with E-state index in [2.05, 4.69) is 42.3 Å². The molecule has 2 rings (SSSR count). The number of hydrogen-bond donors (Lipinski definition) is 1. The quantitative estimate of drug-likeness (QED) is 0.853. The normalized spacial score (nSPS) is 17.4. The van der Waals surface area contributed by atoms with Crippen LogP contribution in [0.15, 0.2) is 24.3 Å². The van der Waals surface area contributed by atoms with Gasteiger partial charge >= 0.3 is 0 Å². The lowest BCUT2D eigenvalue weighted by atomic mass is 10.1. The van der Waals surface area contributed by atoms with Crippen LogP contribution in [0.25, 0.3) is 0 Å². The smallest absolute Gasteiger partial charge is 0.123 e. The lowest BCUT2D eigenvalue weighted by Crippen LogP contribution is -2.41. The number of likely N-dealkylation sites (N-methyl/N-ethyl adjacent to an activating group) is 1. The highest BCUT2D eigenvalue weighted by Gasteiger charge is 2.17. The second kappa shape index (κ2) is 7.51. The molecule has 1 aliphatic rings. The average molecular weight is 262 g/mol. The van der Waals surface area contributed by atoms with E-state index < -0.39 is 0 Å². The van der Waals surface area contributed by atoms with Gasteiger partial charge in [0.1, 0.15) is 12.4 Å². The van der Waals surface area contributed by atoms with Crippen LogP contribution in [0.2, 0.25) is 0 Å². The molecule has 0 spiro atoms. The summed E-state index contributed by atoms with van der Waals surface area (Å²) in [5.41, 5.74) is 1.31. The van der Waals surface area contributed by atoms with Crippen LogP contribution in [-0.4, -0.2) is 37.2 Å². The molecule has 1 unspecified atom stereocenters. The third kappa shape index (κ3) is 4.22. The Bertz CT molecular complexity index is 375. The van der Waals surface area contributed by atoms with Crippen LogP contribution < -0.4 is 10.1 Å². The van der Waals surface area contributed by atoms with Crippen LogP contribution >= 0.6 is 0 Å². The van der Waals surface area contributed by atoms with Crippen molar-refractivity contribution in [3.05, 3.63) is 29.8 Å². The number of nitrogens with zero attached hydrogens (tertiary/aromatic N) is 1. The first kappa shape index (κ1) is 14.4. The zero-order chi connectivity index (χ0) is 13.5. The van der Waals surface area contributed by atoms with Crippen LogP contribution in [0, 0.1) is 0 Å². The lowest BCUT2D eigenvalue weighted by molar-refractivity contribution is 0.203. The summed E-state index contributed by atoms with van der Waals surface area (Å²) >= 11 is 0. The minimum absolute atomic E-state index is 0.597. The molecule has 0 radical (unpaired) electrons. The number of benzene rings is 1. The molecule has 0 fully saturated rings. The van der Waals surface area contributed by atoms with Crippen LogP contribution in [0.5, 0.6) is 5.75 Å². The Morgan fingerprint density at radius 1 is 1.32 bits per heavy atom. The maximum atomic E-state index is 5.82. The monoisotopic (exact) mass is 262 g/mol. The molecule has 1 aromatic rings. The zero-order valence-electron chi connectivity index (χ0n) is 12.2. The first-order chi connectivity index (χ1) is 9.33. The lowest BCUT2D eigenvalue weighted by Gasteiger charge is -2.26. The Kier molecular flexibility index (Phi) is 5.67. The second-order valence-electron chi connectivity index (χ2n) is 5.23. The van der Waals surface area contributed by atoms with E-state index in [1.165, 1.54) is 18.4 Å². The molecule has 0 saturated heterocycles. The molecule has 19 heavy (non-hydrogen) atoms. The first-order valence-electron chi connectivity index (χ1n) is 7.50. The van der Waals surface area contributed by atoms with Gasteiger partial charge in [0.25, 0.3) is 0 Å². The summed E-state index contributed by atoms with van der Waals surface area (Å²) in [7, 11) is 0. The van der Waals surface area contributed by atoms with Gasteiger partial charge in [-0.2, -0.15) is 0 Å². The molecule has 0 aromatic heterocycles. The summed E-state index contributed by atoms with van der Waals surface area (Å²) in [5, 5.41) is 3.59. The summed E-state index contributed by atoms with van der Waals surface area (Å²) in [6.07, 6.45) is 2.48. The average Bonchev–Trinajstić information content (AvgIpc) is 2.61. The number of hydrogen-bond acceptors (Lipinski definition) is 3. The molecule has 1 aromatic carbocycles. The molecule has 1 N–H and O–H groups in total. The highest BCUT2D eigenvalue weighted by atomic mass is 16.5. The molecule has 0 saturated carbocycles. The Labute approximate surface area is 116 Å². The van der Waals surface area contributed by atoms with Gasteiger partial charge in [-0.25, -0.2) is 0 Å². The highest BCUT2D eigenvalue weighted by Crippen LogP contribution is 2.22. The molecule has 3 heteroatoms. The van der Waals surface area contributed by atoms with Gasteiger partial charge in [0.2, 0.25) is 0 Å². The number of para-hydroxylation sites is 1. The number of nitrogens with one attached hydrogen (secondary N) is 1. The maximum Gasteiger partial charge on any atom is 0.123 e. The Morgan fingerprint density at radius 2 is 2.16 bits per heavy atom. The van der Waals surface area contributed by atoms with E-state index in [1.54, 1.807) is 0 Å². The van der Waals surface area contributed by atoms with E-state index in [1.807, 2.05) is 6.07 Å². The van der Waals surface area contributed by atoms with Crippen molar-refractivity contribution in [2.75, 3.05) is 26.2 Å². The van der Waals surface area contributed by atoms with Crippen LogP contribution in [0.3, 0.4) is 0 Å². The highest BCUT2D eigenvalue weighted by molar-refractivity contribution is 5.33. The van der Waals surface area contributed by atoms with Gasteiger partial charge in [-0.3, -0.25) is 4.90 Å². The molecule has 0 aliphatic carbocycles. The van der Waals surface area contributed by atoms with Crippen molar-refractivity contribution in [3.63, 3.8) is 0 Å². The number of fused-ring (bicyclic) bond motifs is 1. The second-order valence-corrected chi connectivity index (χ2v) is 5.23. The van der Waals surface area contributed by atoms with Crippen molar-refractivity contribution in [1.82, 2.24) is 10.2 Å². The largest absolute Gasteiger partial charge is 0.492 e. The van der Waals surface area contributed by atoms with Gasteiger partial charge in [0.05, 0.1) is 0 Å². The third-order valence-electron chi connectivity index (χ3n) is 3.64. The fourth-order valence-corrected chi connectivity index (χ4v) is 2.74. The van der Waals surface area contributed by atoms with Crippen molar-refractivity contribution < 1.29 is 4.74 Å². The van der Waals surface area contributed by atoms with Crippen molar-refractivity contribution in [1.29, 1.82) is 0 Å². The van der Waals surface area contributed by atoms with E-state index in [-0.39, 0.29) is 0 Å². The number of ether oxygens (including phenoxy) is 1. The third-order valence-corrected chi connectivity index (χ3v) is 3.64. The Hall–Kier alpha value is -1.06. The van der Waals surface area contributed by atoms with Crippen molar-refractivity contribution >= 4 is 0 Å². The number of rotatable bonds is 6. The molecular formula is C16H26N2O. The molecule has 106 valence electrons. The minimum Gasteiger partial charge on any atom is -0.492 e. The molecular weight excluding hydrogens is 236 g/mol. The minimum atomic E-state index is 0.597. The van der Waals surface area contributed by atoms with E-state index >= 15 is 0 Å². The van der Waals surface area contributed by atoms with Gasteiger partial charge in [-0.05, 0) is 19.0 Å². The maximum absolute atomic E-state index is 5.82. The fraction of sp³-hybridized carbons (Fsp3) is 0.625. The molecule has 1 heterocycles. The van der Waals surface area contributed by atoms with E-state index in [0.29, 0.717) is 6.04 Å². The predicted molar refractivity (Wildman–Crippen MR) is 79.6 cm³/mol. The Morgan fingerprint density at radius 3 is 2.95 bits per heavy atom. The van der Waals surface area contributed by atoms with E-state index in [9.17, 15) is 0 Å². The standard InChI is InChI=1S/C16H26N2O/c1-3-7-15(17-4-2)13-18-10-11-19-16-9-6-5-8-14(16)12-18/h5-6,8-9,15,17H,3-4,7,10-13H2,1-2H3. The summed E-state index contributed by atoms with van der Waals surface area (Å²) in [6, 6.07) is 9.00. The van der Waals surface area contributed by atoms with Gasteiger partial charge in [-0.1, -0.05) is 38.5 Å². The van der Waals surface area contributed by atoms with Gasteiger partial charge in [0.15, 0.2) is 0 Å². The fourth-order valence-electron chi connectivity index (χ4n) is 2.74. The summed E-state index contributed by atoms with van der Waals surface area (Å²) in [6.45, 7) is 9.41. The zero-order valence-corrected chi connectivity index (χ0v) is 12.2. The van der Waals surface area contributed by atoms with Gasteiger partial charge < -0.3 is 10.1 Å². The first-order valence-corrected chi connectivity index (χ1v) is 7.50. The topological polar surface area (TPSA) is 24.5 Å². The summed E-state index contributed by atoms with van der Waals surface area (Å²) in [5.74, 6) is 1.06. The molecule has 0 bridgehead atoms. The van der Waals surface area contributed by atoms with Crippen molar-refractivity contribution in [3.8, 4) is 5.75 Å². The van der Waals surface area contributed by atoms with E-state index in [4.69, 9.17) is 4.74 Å². The van der Waals surface area contributed by atoms with Gasteiger partial charge in [-0.15, -0.1) is 0 Å². The molecule has 1 aliphatic heterocycles. The molecule has 3 nitrogen and oxygen atoms in total. The molecule has 1 atom stereocenters.